The van der Waals surface area contributed by atoms with Crippen LogP contribution >= 0.6 is 0 Å². The minimum absolute atomic E-state index is 0.000731. The van der Waals surface area contributed by atoms with Gasteiger partial charge in [0, 0.05) is 12.7 Å². The Kier molecular flexibility index (Phi) is 4.40. The van der Waals surface area contributed by atoms with Crippen molar-refractivity contribution in [1.29, 1.82) is 0 Å². The second kappa shape index (κ2) is 6.28. The lowest BCUT2D eigenvalue weighted by molar-refractivity contribution is -0.134. The number of ether oxygens (including phenoxy) is 2. The molecular formula is C16H24N2O3. The monoisotopic (exact) mass is 292 g/mol. The molecule has 1 saturated carbocycles. The van der Waals surface area contributed by atoms with E-state index >= 15 is 0 Å². The van der Waals surface area contributed by atoms with Crippen LogP contribution in [0.15, 0.2) is 12.4 Å². The lowest BCUT2D eigenvalue weighted by atomic mass is 9.74. The number of aliphatic hydroxyl groups is 1. The molecule has 2 heterocycles. The van der Waals surface area contributed by atoms with Crippen molar-refractivity contribution in [1.82, 2.24) is 9.97 Å². The topological polar surface area (TPSA) is 64.5 Å². The zero-order valence-corrected chi connectivity index (χ0v) is 12.6. The third-order valence-electron chi connectivity index (χ3n) is 4.92. The Labute approximate surface area is 125 Å². The molecule has 1 aliphatic carbocycles. The summed E-state index contributed by atoms with van der Waals surface area (Å²) in [6.07, 6.45) is 8.75. The molecule has 0 aromatic carbocycles. The molecular weight excluding hydrogens is 268 g/mol. The van der Waals surface area contributed by atoms with Crippen LogP contribution in [0.5, 0.6) is 5.88 Å². The normalized spacial score (nSPS) is 26.5. The van der Waals surface area contributed by atoms with Crippen LogP contribution in [0.1, 0.15) is 56.7 Å². The van der Waals surface area contributed by atoms with E-state index in [0.29, 0.717) is 11.6 Å². The van der Waals surface area contributed by atoms with Crippen LogP contribution in [0.2, 0.25) is 0 Å². The second-order valence-corrected chi connectivity index (χ2v) is 6.28. The predicted molar refractivity (Wildman–Crippen MR) is 78.0 cm³/mol. The van der Waals surface area contributed by atoms with E-state index in [1.807, 2.05) is 0 Å². The summed E-state index contributed by atoms with van der Waals surface area (Å²) in [6.45, 7) is 0.740. The van der Waals surface area contributed by atoms with Gasteiger partial charge in [0.15, 0.2) is 0 Å². The molecule has 1 aromatic rings. The van der Waals surface area contributed by atoms with Gasteiger partial charge in [0.25, 0.3) is 0 Å². The first-order chi connectivity index (χ1) is 10.2. The van der Waals surface area contributed by atoms with Crippen LogP contribution in [0.25, 0.3) is 0 Å². The Morgan fingerprint density at radius 3 is 2.90 bits per heavy atom. The highest BCUT2D eigenvalue weighted by molar-refractivity contribution is 5.16. The average molecular weight is 292 g/mol. The summed E-state index contributed by atoms with van der Waals surface area (Å²) >= 11 is 0. The second-order valence-electron chi connectivity index (χ2n) is 6.28. The number of aromatic nitrogens is 2. The molecule has 1 saturated heterocycles. The minimum Gasteiger partial charge on any atom is -0.481 e. The molecule has 1 spiro atoms. The van der Waals surface area contributed by atoms with Gasteiger partial charge >= 0.3 is 0 Å². The van der Waals surface area contributed by atoms with Crippen molar-refractivity contribution >= 4 is 0 Å². The lowest BCUT2D eigenvalue weighted by Crippen LogP contribution is -2.42. The van der Waals surface area contributed by atoms with Crippen LogP contribution in [0, 0.1) is 5.92 Å². The SMILES string of the molecule is COc1cc(C(O)C2CCOC3(CCCCC3)C2)ncn1. The Balaban J connectivity index is 1.72. The Bertz CT molecular complexity index is 469. The summed E-state index contributed by atoms with van der Waals surface area (Å²) in [5, 5.41) is 10.7. The summed E-state index contributed by atoms with van der Waals surface area (Å²) in [4.78, 5) is 8.21. The summed E-state index contributed by atoms with van der Waals surface area (Å²) < 4.78 is 11.2. The molecule has 1 aromatic heterocycles. The Morgan fingerprint density at radius 2 is 2.14 bits per heavy atom. The van der Waals surface area contributed by atoms with Crippen molar-refractivity contribution in [3.63, 3.8) is 0 Å². The van der Waals surface area contributed by atoms with Crippen LogP contribution in [0.3, 0.4) is 0 Å². The molecule has 1 aliphatic heterocycles. The number of hydrogen-bond donors (Lipinski definition) is 1. The Hall–Kier alpha value is -1.20. The summed E-state index contributed by atoms with van der Waals surface area (Å²) in [5.41, 5.74) is 0.652. The maximum absolute atomic E-state index is 10.7. The third kappa shape index (κ3) is 3.19. The molecule has 2 aliphatic rings. The first kappa shape index (κ1) is 14.7. The largest absolute Gasteiger partial charge is 0.481 e. The van der Waals surface area contributed by atoms with E-state index in [9.17, 15) is 5.11 Å². The van der Waals surface area contributed by atoms with E-state index in [2.05, 4.69) is 9.97 Å². The van der Waals surface area contributed by atoms with Gasteiger partial charge in [-0.1, -0.05) is 19.3 Å². The van der Waals surface area contributed by atoms with Crippen molar-refractivity contribution in [2.45, 2.75) is 56.7 Å². The molecule has 3 rings (SSSR count). The van der Waals surface area contributed by atoms with E-state index in [1.54, 1.807) is 13.2 Å². The molecule has 5 heteroatoms. The molecule has 2 unspecified atom stereocenters. The van der Waals surface area contributed by atoms with Gasteiger partial charge in [-0.25, -0.2) is 9.97 Å². The summed E-state index contributed by atoms with van der Waals surface area (Å²) in [5.74, 6) is 0.704. The summed E-state index contributed by atoms with van der Waals surface area (Å²) in [6, 6.07) is 1.73. The molecule has 0 amide bonds. The highest BCUT2D eigenvalue weighted by atomic mass is 16.5. The van der Waals surface area contributed by atoms with Gasteiger partial charge in [0.05, 0.1) is 24.5 Å². The molecule has 116 valence electrons. The van der Waals surface area contributed by atoms with Crippen LogP contribution in [-0.4, -0.2) is 34.4 Å². The van der Waals surface area contributed by atoms with Gasteiger partial charge < -0.3 is 14.6 Å². The fourth-order valence-electron chi connectivity index (χ4n) is 3.75. The van der Waals surface area contributed by atoms with Gasteiger partial charge in [-0.3, -0.25) is 0 Å². The van der Waals surface area contributed by atoms with E-state index in [1.165, 1.54) is 25.6 Å². The maximum Gasteiger partial charge on any atom is 0.216 e. The Morgan fingerprint density at radius 1 is 1.33 bits per heavy atom. The smallest absolute Gasteiger partial charge is 0.216 e. The molecule has 2 fully saturated rings. The van der Waals surface area contributed by atoms with Crippen molar-refractivity contribution < 1.29 is 14.6 Å². The van der Waals surface area contributed by atoms with E-state index in [0.717, 1.165) is 32.3 Å². The lowest BCUT2D eigenvalue weighted by Gasteiger charge is -2.44. The predicted octanol–water partition coefficient (Wildman–Crippen LogP) is 2.65. The minimum atomic E-state index is -0.565. The number of aliphatic hydroxyl groups excluding tert-OH is 1. The van der Waals surface area contributed by atoms with Crippen LogP contribution in [-0.2, 0) is 4.74 Å². The molecule has 2 atom stereocenters. The van der Waals surface area contributed by atoms with Gasteiger partial charge in [-0.2, -0.15) is 0 Å². The zero-order chi connectivity index (χ0) is 14.7. The number of rotatable bonds is 3. The quantitative estimate of drug-likeness (QED) is 0.928. The maximum atomic E-state index is 10.7. The van der Waals surface area contributed by atoms with E-state index in [4.69, 9.17) is 9.47 Å². The van der Waals surface area contributed by atoms with Gasteiger partial charge in [0.1, 0.15) is 6.33 Å². The number of nitrogens with zero attached hydrogens (tertiary/aromatic N) is 2. The molecule has 0 radical (unpaired) electrons. The molecule has 21 heavy (non-hydrogen) atoms. The van der Waals surface area contributed by atoms with Crippen molar-refractivity contribution in [3.05, 3.63) is 18.1 Å². The average Bonchev–Trinajstić information content (AvgIpc) is 2.55. The summed E-state index contributed by atoms with van der Waals surface area (Å²) in [7, 11) is 1.57. The van der Waals surface area contributed by atoms with Crippen molar-refractivity contribution in [2.24, 2.45) is 5.92 Å². The molecule has 1 N–H and O–H groups in total. The standard InChI is InChI=1S/C16H24N2O3/c1-20-14-9-13(17-11-18-14)15(19)12-5-8-21-16(10-12)6-3-2-4-7-16/h9,11-12,15,19H,2-8,10H2,1H3. The first-order valence-corrected chi connectivity index (χ1v) is 7.90. The van der Waals surface area contributed by atoms with Crippen molar-refractivity contribution in [2.75, 3.05) is 13.7 Å². The fraction of sp³-hybridized carbons (Fsp3) is 0.750. The first-order valence-electron chi connectivity index (χ1n) is 7.90. The van der Waals surface area contributed by atoms with E-state index < -0.39 is 6.10 Å². The van der Waals surface area contributed by atoms with Gasteiger partial charge in [-0.05, 0) is 31.6 Å². The van der Waals surface area contributed by atoms with Gasteiger partial charge in [0.2, 0.25) is 5.88 Å². The third-order valence-corrected chi connectivity index (χ3v) is 4.92. The number of methoxy groups -OCH3 is 1. The molecule has 5 nitrogen and oxygen atoms in total. The molecule has 0 bridgehead atoms. The van der Waals surface area contributed by atoms with Crippen LogP contribution < -0.4 is 4.74 Å². The fourth-order valence-corrected chi connectivity index (χ4v) is 3.75. The van der Waals surface area contributed by atoms with Gasteiger partial charge in [-0.15, -0.1) is 0 Å². The van der Waals surface area contributed by atoms with E-state index in [-0.39, 0.29) is 11.5 Å². The van der Waals surface area contributed by atoms with Crippen molar-refractivity contribution in [3.8, 4) is 5.88 Å². The highest BCUT2D eigenvalue weighted by Crippen LogP contribution is 2.44. The zero-order valence-electron chi connectivity index (χ0n) is 12.6. The number of hydrogen-bond acceptors (Lipinski definition) is 5. The highest BCUT2D eigenvalue weighted by Gasteiger charge is 2.41. The van der Waals surface area contributed by atoms with Crippen LogP contribution in [0.4, 0.5) is 0 Å².